The van der Waals surface area contributed by atoms with Crippen LogP contribution in [0.5, 0.6) is 0 Å². The monoisotopic (exact) mass is 374 g/mol. The molecule has 3 heterocycles. The predicted molar refractivity (Wildman–Crippen MR) is 97.9 cm³/mol. The Morgan fingerprint density at radius 2 is 1.76 bits per heavy atom. The highest BCUT2D eigenvalue weighted by Gasteiger charge is 2.25. The first-order chi connectivity index (χ1) is 12.1. The third kappa shape index (κ3) is 3.27. The molecule has 0 bridgehead atoms. The number of sulfonamides is 1. The van der Waals surface area contributed by atoms with Crippen LogP contribution in [0.3, 0.4) is 0 Å². The lowest BCUT2D eigenvalue weighted by atomic mass is 10.2. The van der Waals surface area contributed by atoms with Crippen molar-refractivity contribution in [3.8, 4) is 21.8 Å². The van der Waals surface area contributed by atoms with Crippen LogP contribution in [-0.2, 0) is 10.0 Å². The summed E-state index contributed by atoms with van der Waals surface area (Å²) in [6.45, 7) is 1.23. The van der Waals surface area contributed by atoms with Crippen LogP contribution < -0.4 is 0 Å². The van der Waals surface area contributed by atoms with Gasteiger partial charge in [-0.3, -0.25) is 0 Å². The van der Waals surface area contributed by atoms with Gasteiger partial charge in [-0.25, -0.2) is 13.4 Å². The van der Waals surface area contributed by atoms with Crippen molar-refractivity contribution >= 4 is 21.4 Å². The zero-order chi connectivity index (χ0) is 17.3. The molecule has 1 saturated heterocycles. The first kappa shape index (κ1) is 16.5. The number of rotatable bonds is 4. The molecule has 0 aliphatic carbocycles. The third-order valence-corrected chi connectivity index (χ3v) is 7.18. The summed E-state index contributed by atoms with van der Waals surface area (Å²) in [5, 5.41) is 2.85. The first-order valence-electron chi connectivity index (χ1n) is 8.23. The molecule has 0 unspecified atom stereocenters. The summed E-state index contributed by atoms with van der Waals surface area (Å²) in [6.07, 6.45) is 6.27. The number of benzene rings is 1. The van der Waals surface area contributed by atoms with Crippen molar-refractivity contribution in [2.75, 3.05) is 13.1 Å². The molecule has 1 fully saturated rings. The molecule has 1 aromatic carbocycles. The molecular weight excluding hydrogens is 356 g/mol. The molecule has 25 heavy (non-hydrogen) atoms. The fraction of sp³-hybridized carbons (Fsp3) is 0.278. The summed E-state index contributed by atoms with van der Waals surface area (Å²) in [7, 11) is -3.39. The van der Waals surface area contributed by atoms with Gasteiger partial charge in [0.2, 0.25) is 10.0 Å². The van der Waals surface area contributed by atoms with Crippen LogP contribution in [-0.4, -0.2) is 30.8 Å². The van der Waals surface area contributed by atoms with Crippen molar-refractivity contribution in [1.29, 1.82) is 0 Å². The summed E-state index contributed by atoms with van der Waals surface area (Å²) < 4.78 is 32.1. The Bertz CT molecular complexity index is 939. The Kier molecular flexibility index (Phi) is 4.45. The molecule has 130 valence electrons. The number of furan rings is 1. The minimum absolute atomic E-state index is 0.350. The molecule has 0 amide bonds. The molecule has 0 saturated carbocycles. The SMILES string of the molecule is O=S(=O)(c1ccc(-c2csc(-c3ccoc3)n2)cc1)N1CCCCC1. The Morgan fingerprint density at radius 1 is 1.00 bits per heavy atom. The van der Waals surface area contributed by atoms with Gasteiger partial charge in [0.25, 0.3) is 0 Å². The second kappa shape index (κ2) is 6.74. The Hall–Kier alpha value is -1.96. The smallest absolute Gasteiger partial charge is 0.243 e. The van der Waals surface area contributed by atoms with Crippen LogP contribution in [0.2, 0.25) is 0 Å². The molecule has 1 aliphatic heterocycles. The average molecular weight is 374 g/mol. The number of hydrogen-bond donors (Lipinski definition) is 0. The third-order valence-electron chi connectivity index (χ3n) is 4.38. The maximum Gasteiger partial charge on any atom is 0.243 e. The summed E-state index contributed by atoms with van der Waals surface area (Å²) in [5.74, 6) is 0. The average Bonchev–Trinajstić information content (AvgIpc) is 3.34. The van der Waals surface area contributed by atoms with E-state index >= 15 is 0 Å². The largest absolute Gasteiger partial charge is 0.472 e. The highest BCUT2D eigenvalue weighted by molar-refractivity contribution is 7.89. The Labute approximate surface area is 151 Å². The first-order valence-corrected chi connectivity index (χ1v) is 10.6. The van der Waals surface area contributed by atoms with Crippen molar-refractivity contribution in [2.45, 2.75) is 24.2 Å². The molecule has 7 heteroatoms. The van der Waals surface area contributed by atoms with E-state index in [1.165, 1.54) is 11.3 Å². The van der Waals surface area contributed by atoms with E-state index in [1.54, 1.807) is 29.0 Å². The second-order valence-corrected chi connectivity index (χ2v) is 8.84. The van der Waals surface area contributed by atoms with Gasteiger partial charge < -0.3 is 4.42 Å². The molecule has 0 spiro atoms. The lowest BCUT2D eigenvalue weighted by Crippen LogP contribution is -2.35. The van der Waals surface area contributed by atoms with Gasteiger partial charge in [-0.1, -0.05) is 18.6 Å². The minimum Gasteiger partial charge on any atom is -0.472 e. The molecule has 2 aromatic heterocycles. The van der Waals surface area contributed by atoms with Crippen molar-refractivity contribution in [3.63, 3.8) is 0 Å². The Balaban J connectivity index is 1.58. The summed E-state index contributed by atoms with van der Waals surface area (Å²) in [5.41, 5.74) is 2.69. The molecular formula is C18H18N2O3S2. The molecule has 3 aromatic rings. The highest BCUT2D eigenvalue weighted by Crippen LogP contribution is 2.30. The number of piperidine rings is 1. The van der Waals surface area contributed by atoms with E-state index in [9.17, 15) is 8.42 Å². The van der Waals surface area contributed by atoms with E-state index in [4.69, 9.17) is 4.42 Å². The molecule has 4 rings (SSSR count). The van der Waals surface area contributed by atoms with Gasteiger partial charge in [-0.05, 0) is 31.0 Å². The van der Waals surface area contributed by atoms with Gasteiger partial charge in [0, 0.05) is 29.6 Å². The number of hydrogen-bond acceptors (Lipinski definition) is 5. The van der Waals surface area contributed by atoms with E-state index in [2.05, 4.69) is 4.98 Å². The zero-order valence-electron chi connectivity index (χ0n) is 13.6. The van der Waals surface area contributed by atoms with Gasteiger partial charge in [-0.15, -0.1) is 11.3 Å². The van der Waals surface area contributed by atoms with Crippen molar-refractivity contribution in [3.05, 3.63) is 48.2 Å². The molecule has 5 nitrogen and oxygen atoms in total. The number of nitrogens with zero attached hydrogens (tertiary/aromatic N) is 2. The van der Waals surface area contributed by atoms with Crippen LogP contribution in [0.15, 0.2) is 57.6 Å². The van der Waals surface area contributed by atoms with Gasteiger partial charge in [0.15, 0.2) is 0 Å². The zero-order valence-corrected chi connectivity index (χ0v) is 15.2. The lowest BCUT2D eigenvalue weighted by Gasteiger charge is -2.25. The maximum atomic E-state index is 12.7. The van der Waals surface area contributed by atoms with Gasteiger partial charge in [0.1, 0.15) is 11.3 Å². The van der Waals surface area contributed by atoms with Gasteiger partial charge in [0.05, 0.1) is 16.9 Å². The summed E-state index contributed by atoms with van der Waals surface area (Å²) in [4.78, 5) is 4.95. The van der Waals surface area contributed by atoms with Crippen LogP contribution in [0.25, 0.3) is 21.8 Å². The fourth-order valence-electron chi connectivity index (χ4n) is 2.98. The van der Waals surface area contributed by atoms with Gasteiger partial charge in [-0.2, -0.15) is 4.31 Å². The van der Waals surface area contributed by atoms with Crippen LogP contribution in [0, 0.1) is 0 Å². The molecule has 0 atom stereocenters. The normalized spacial score (nSPS) is 16.2. The quantitative estimate of drug-likeness (QED) is 0.685. The van der Waals surface area contributed by atoms with Crippen molar-refractivity contribution in [2.24, 2.45) is 0 Å². The fourth-order valence-corrected chi connectivity index (χ4v) is 5.31. The summed E-state index contributed by atoms with van der Waals surface area (Å²) in [6, 6.07) is 8.87. The molecule has 0 N–H and O–H groups in total. The Morgan fingerprint density at radius 3 is 2.44 bits per heavy atom. The van der Waals surface area contributed by atoms with E-state index in [1.807, 2.05) is 23.6 Å². The lowest BCUT2D eigenvalue weighted by molar-refractivity contribution is 0.346. The van der Waals surface area contributed by atoms with Crippen LogP contribution in [0.4, 0.5) is 0 Å². The highest BCUT2D eigenvalue weighted by atomic mass is 32.2. The molecule has 0 radical (unpaired) electrons. The topological polar surface area (TPSA) is 63.4 Å². The van der Waals surface area contributed by atoms with Crippen LogP contribution in [0.1, 0.15) is 19.3 Å². The number of aromatic nitrogens is 1. The predicted octanol–water partition coefficient (Wildman–Crippen LogP) is 4.24. The van der Waals surface area contributed by atoms with Gasteiger partial charge >= 0.3 is 0 Å². The van der Waals surface area contributed by atoms with Crippen molar-refractivity contribution < 1.29 is 12.8 Å². The minimum atomic E-state index is -3.39. The summed E-state index contributed by atoms with van der Waals surface area (Å²) >= 11 is 1.54. The second-order valence-electron chi connectivity index (χ2n) is 6.04. The maximum absolute atomic E-state index is 12.7. The molecule has 1 aliphatic rings. The van der Waals surface area contributed by atoms with Crippen molar-refractivity contribution in [1.82, 2.24) is 9.29 Å². The number of thiazole rings is 1. The van der Waals surface area contributed by atoms with Crippen LogP contribution >= 0.6 is 11.3 Å². The van der Waals surface area contributed by atoms with E-state index in [-0.39, 0.29) is 0 Å². The standard InChI is InChI=1S/C18H18N2O3S2/c21-25(22,20-9-2-1-3-10-20)16-6-4-14(5-7-16)17-13-24-18(19-17)15-8-11-23-12-15/h4-8,11-13H,1-3,9-10H2. The van der Waals surface area contributed by atoms with E-state index in [0.717, 1.165) is 41.1 Å². The van der Waals surface area contributed by atoms with E-state index in [0.29, 0.717) is 18.0 Å². The van der Waals surface area contributed by atoms with E-state index < -0.39 is 10.0 Å².